The van der Waals surface area contributed by atoms with Crippen LogP contribution in [-0.4, -0.2) is 24.7 Å². The molecule has 0 aromatic heterocycles. The van der Waals surface area contributed by atoms with Crippen molar-refractivity contribution >= 4 is 27.4 Å². The van der Waals surface area contributed by atoms with Crippen molar-refractivity contribution < 1.29 is 18.3 Å². The first-order chi connectivity index (χ1) is 11.7. The summed E-state index contributed by atoms with van der Waals surface area (Å²) in [6.07, 6.45) is 0. The monoisotopic (exact) mass is 375 g/mol. The van der Waals surface area contributed by atoms with Crippen LogP contribution in [0.1, 0.15) is 17.0 Å². The molecule has 1 fully saturated rings. The Kier molecular flexibility index (Phi) is 4.10. The molecule has 2 aromatic rings. The second kappa shape index (κ2) is 5.87. The summed E-state index contributed by atoms with van der Waals surface area (Å²) >= 11 is 5.95. The van der Waals surface area contributed by atoms with E-state index in [0.717, 1.165) is 5.56 Å². The zero-order valence-electron chi connectivity index (χ0n) is 13.2. The van der Waals surface area contributed by atoms with E-state index in [4.69, 9.17) is 11.6 Å². The topological polar surface area (TPSA) is 95.2 Å². The van der Waals surface area contributed by atoms with Crippen LogP contribution in [0.15, 0.2) is 53.4 Å². The van der Waals surface area contributed by atoms with E-state index in [9.17, 15) is 23.6 Å². The van der Waals surface area contributed by atoms with Gasteiger partial charge >= 0.3 is 5.97 Å². The number of carboxylic acids is 1. The molecule has 7 heteroatoms. The number of halogens is 1. The number of aryl methyl sites for hydroxylation is 1. The Bertz CT molecular complexity index is 994. The molecular formula is C18H14ClNO4S. The summed E-state index contributed by atoms with van der Waals surface area (Å²) < 4.78 is 26.0. The number of hydrogen-bond acceptors (Lipinski definition) is 4. The maximum Gasteiger partial charge on any atom is 0.326 e. The molecule has 3 unspecified atom stereocenters. The molecule has 5 nitrogen and oxygen atoms in total. The van der Waals surface area contributed by atoms with Crippen molar-refractivity contribution in [3.05, 3.63) is 64.7 Å². The first kappa shape index (κ1) is 17.5. The molecule has 0 saturated heterocycles. The van der Waals surface area contributed by atoms with Crippen molar-refractivity contribution in [3.63, 3.8) is 0 Å². The SMILES string of the molecule is Cc1ccc(S(=O)(=O)C2C(c3cccc(Cl)c3)C2(C#N)C(=O)O)cc1. The van der Waals surface area contributed by atoms with Crippen molar-refractivity contribution in [1.29, 1.82) is 5.26 Å². The minimum Gasteiger partial charge on any atom is -0.480 e. The maximum atomic E-state index is 13.0. The van der Waals surface area contributed by atoms with Gasteiger partial charge in [0.15, 0.2) is 15.3 Å². The Morgan fingerprint density at radius 3 is 2.40 bits per heavy atom. The van der Waals surface area contributed by atoms with E-state index in [1.165, 1.54) is 18.2 Å². The number of benzene rings is 2. The van der Waals surface area contributed by atoms with Crippen LogP contribution in [0.25, 0.3) is 0 Å². The van der Waals surface area contributed by atoms with E-state index >= 15 is 0 Å². The number of rotatable bonds is 4. The number of carbonyl (C=O) groups is 1. The molecule has 25 heavy (non-hydrogen) atoms. The molecule has 128 valence electrons. The lowest BCUT2D eigenvalue weighted by Crippen LogP contribution is -2.22. The van der Waals surface area contributed by atoms with E-state index in [2.05, 4.69) is 0 Å². The summed E-state index contributed by atoms with van der Waals surface area (Å²) in [7, 11) is -4.00. The quantitative estimate of drug-likeness (QED) is 0.885. The number of hydrogen-bond donors (Lipinski definition) is 1. The third-order valence-electron chi connectivity index (χ3n) is 4.56. The Balaban J connectivity index is 2.14. The molecule has 3 rings (SSSR count). The number of nitriles is 1. The molecule has 0 spiro atoms. The largest absolute Gasteiger partial charge is 0.480 e. The zero-order valence-corrected chi connectivity index (χ0v) is 14.8. The summed E-state index contributed by atoms with van der Waals surface area (Å²) in [4.78, 5) is 11.8. The lowest BCUT2D eigenvalue weighted by Gasteiger charge is -2.05. The summed E-state index contributed by atoms with van der Waals surface area (Å²) in [5, 5.41) is 18.1. The molecule has 1 saturated carbocycles. The van der Waals surface area contributed by atoms with Gasteiger partial charge in [-0.2, -0.15) is 5.26 Å². The van der Waals surface area contributed by atoms with Crippen molar-refractivity contribution in [1.82, 2.24) is 0 Å². The van der Waals surface area contributed by atoms with Gasteiger partial charge < -0.3 is 5.11 Å². The Morgan fingerprint density at radius 1 is 1.24 bits per heavy atom. The highest BCUT2D eigenvalue weighted by atomic mass is 35.5. The van der Waals surface area contributed by atoms with Crippen molar-refractivity contribution in [3.8, 4) is 6.07 Å². The standard InChI is InChI=1S/C18H14ClNO4S/c1-11-5-7-14(8-6-11)25(23,24)16-15(18(16,10-20)17(21)22)12-3-2-4-13(19)9-12/h2-9,15-16H,1H3,(H,21,22). The molecule has 0 radical (unpaired) electrons. The van der Waals surface area contributed by atoms with Crippen LogP contribution in [0.2, 0.25) is 5.02 Å². The van der Waals surface area contributed by atoms with Gasteiger partial charge in [0.1, 0.15) is 5.25 Å². The molecule has 2 aromatic carbocycles. The summed E-state index contributed by atoms with van der Waals surface area (Å²) in [6.45, 7) is 1.82. The molecule has 1 N–H and O–H groups in total. The predicted molar refractivity (Wildman–Crippen MR) is 92.0 cm³/mol. The minimum atomic E-state index is -4.00. The van der Waals surface area contributed by atoms with Crippen LogP contribution in [0.4, 0.5) is 0 Å². The number of nitrogens with zero attached hydrogens (tertiary/aromatic N) is 1. The highest BCUT2D eigenvalue weighted by Crippen LogP contribution is 2.64. The predicted octanol–water partition coefficient (Wildman–Crippen LogP) is 3.18. The van der Waals surface area contributed by atoms with Crippen LogP contribution < -0.4 is 0 Å². The van der Waals surface area contributed by atoms with E-state index in [0.29, 0.717) is 10.6 Å². The number of carboxylic acid groups (broad SMARTS) is 1. The van der Waals surface area contributed by atoms with Crippen molar-refractivity contribution in [2.45, 2.75) is 23.0 Å². The van der Waals surface area contributed by atoms with Crippen LogP contribution in [-0.2, 0) is 14.6 Å². The summed E-state index contributed by atoms with van der Waals surface area (Å²) in [6, 6.07) is 14.2. The van der Waals surface area contributed by atoms with Crippen LogP contribution in [0, 0.1) is 23.7 Å². The Morgan fingerprint density at radius 2 is 1.88 bits per heavy atom. The van der Waals surface area contributed by atoms with E-state index in [1.807, 2.05) is 6.92 Å². The minimum absolute atomic E-state index is 0.00787. The van der Waals surface area contributed by atoms with Gasteiger partial charge in [0.05, 0.1) is 11.0 Å². The third-order valence-corrected chi connectivity index (χ3v) is 7.04. The van der Waals surface area contributed by atoms with E-state index < -0.39 is 32.4 Å². The zero-order chi connectivity index (χ0) is 18.4. The highest BCUT2D eigenvalue weighted by Gasteiger charge is 2.77. The number of aliphatic carboxylic acids is 1. The average Bonchev–Trinajstić information content (AvgIpc) is 3.27. The second-order valence-electron chi connectivity index (χ2n) is 6.10. The van der Waals surface area contributed by atoms with Gasteiger partial charge in [-0.3, -0.25) is 4.79 Å². The van der Waals surface area contributed by atoms with Crippen LogP contribution in [0.5, 0.6) is 0 Å². The smallest absolute Gasteiger partial charge is 0.326 e. The van der Waals surface area contributed by atoms with Crippen molar-refractivity contribution in [2.75, 3.05) is 0 Å². The lowest BCUT2D eigenvalue weighted by molar-refractivity contribution is -0.141. The van der Waals surface area contributed by atoms with Gasteiger partial charge in [0, 0.05) is 10.9 Å². The molecular weight excluding hydrogens is 362 g/mol. The molecule has 1 aliphatic carbocycles. The average molecular weight is 376 g/mol. The summed E-state index contributed by atoms with van der Waals surface area (Å²) in [5.74, 6) is -2.42. The maximum absolute atomic E-state index is 13.0. The molecule has 0 bridgehead atoms. The third kappa shape index (κ3) is 2.60. The van der Waals surface area contributed by atoms with Gasteiger partial charge in [-0.05, 0) is 36.8 Å². The Hall–Kier alpha value is -2.36. The van der Waals surface area contributed by atoms with E-state index in [1.54, 1.807) is 36.4 Å². The lowest BCUT2D eigenvalue weighted by atomic mass is 10.0. The van der Waals surface area contributed by atoms with Gasteiger partial charge in [-0.25, -0.2) is 8.42 Å². The highest BCUT2D eigenvalue weighted by molar-refractivity contribution is 7.92. The Labute approximate surface area is 150 Å². The number of sulfone groups is 1. The first-order valence-electron chi connectivity index (χ1n) is 7.46. The fourth-order valence-electron chi connectivity index (χ4n) is 3.23. The molecule has 1 aliphatic rings. The normalized spacial score (nSPS) is 25.2. The van der Waals surface area contributed by atoms with Gasteiger partial charge in [0.2, 0.25) is 0 Å². The first-order valence-corrected chi connectivity index (χ1v) is 9.38. The molecule has 0 amide bonds. The van der Waals surface area contributed by atoms with Crippen LogP contribution >= 0.6 is 11.6 Å². The van der Waals surface area contributed by atoms with E-state index in [-0.39, 0.29) is 4.90 Å². The fraction of sp³-hybridized carbons (Fsp3) is 0.222. The molecule has 3 atom stereocenters. The van der Waals surface area contributed by atoms with Gasteiger partial charge in [0.25, 0.3) is 0 Å². The molecule has 0 heterocycles. The molecule has 0 aliphatic heterocycles. The van der Waals surface area contributed by atoms with Crippen LogP contribution in [0.3, 0.4) is 0 Å². The summed E-state index contributed by atoms with van der Waals surface area (Å²) in [5.41, 5.74) is -0.711. The van der Waals surface area contributed by atoms with Gasteiger partial charge in [-0.15, -0.1) is 0 Å². The van der Waals surface area contributed by atoms with Crippen molar-refractivity contribution in [2.24, 2.45) is 5.41 Å². The fourth-order valence-corrected chi connectivity index (χ4v) is 5.68. The second-order valence-corrected chi connectivity index (χ2v) is 8.60. The van der Waals surface area contributed by atoms with Gasteiger partial charge in [-0.1, -0.05) is 41.4 Å².